The Morgan fingerprint density at radius 1 is 1.29 bits per heavy atom. The number of carbonyl (C=O) groups is 1. The van der Waals surface area contributed by atoms with Crippen LogP contribution in [0.3, 0.4) is 0 Å². The molecule has 0 aliphatic heterocycles. The largest absolute Gasteiger partial charge is 0.349 e. The van der Waals surface area contributed by atoms with Gasteiger partial charge in [-0.15, -0.1) is 0 Å². The smallest absolute Gasteiger partial charge is 0.233 e. The van der Waals surface area contributed by atoms with E-state index < -0.39 is 0 Å². The Labute approximate surface area is 92.8 Å². The molecule has 0 aliphatic carbocycles. The summed E-state index contributed by atoms with van der Waals surface area (Å²) in [6, 6.07) is 9.97. The van der Waals surface area contributed by atoms with Gasteiger partial charge in [-0.1, -0.05) is 46.3 Å². The van der Waals surface area contributed by atoms with Crippen LogP contribution < -0.4 is 5.32 Å². The lowest BCUT2D eigenvalue weighted by atomic mass is 10.1. The molecule has 0 fully saturated rings. The van der Waals surface area contributed by atoms with Crippen LogP contribution in [0.1, 0.15) is 25.5 Å². The zero-order chi connectivity index (χ0) is 10.6. The van der Waals surface area contributed by atoms with Crippen LogP contribution in [0.2, 0.25) is 0 Å². The molecule has 1 aromatic carbocycles. The van der Waals surface area contributed by atoms with Gasteiger partial charge in [0.1, 0.15) is 0 Å². The second kappa shape index (κ2) is 5.15. The molecule has 1 amide bonds. The summed E-state index contributed by atoms with van der Waals surface area (Å²) in [6.45, 7) is 3.79. The van der Waals surface area contributed by atoms with Gasteiger partial charge < -0.3 is 5.32 Å². The molecule has 0 bridgehead atoms. The van der Waals surface area contributed by atoms with Gasteiger partial charge in [0.2, 0.25) is 5.91 Å². The lowest BCUT2D eigenvalue weighted by molar-refractivity contribution is -0.120. The van der Waals surface area contributed by atoms with Crippen molar-refractivity contribution in [1.29, 1.82) is 0 Å². The molecule has 0 radical (unpaired) electrons. The van der Waals surface area contributed by atoms with E-state index in [1.54, 1.807) is 0 Å². The number of nitrogens with one attached hydrogen (secondary N) is 1. The third-order valence-electron chi connectivity index (χ3n) is 2.02. The van der Waals surface area contributed by atoms with Crippen LogP contribution in [0.5, 0.6) is 0 Å². The summed E-state index contributed by atoms with van der Waals surface area (Å²) in [5.41, 5.74) is 1.12. The Hall–Kier alpha value is -0.830. The molecule has 1 rings (SSSR count). The van der Waals surface area contributed by atoms with Crippen LogP contribution >= 0.6 is 15.9 Å². The van der Waals surface area contributed by atoms with E-state index in [2.05, 4.69) is 21.2 Å². The van der Waals surface area contributed by atoms with Gasteiger partial charge in [0.25, 0.3) is 0 Å². The van der Waals surface area contributed by atoms with E-state index in [9.17, 15) is 4.79 Å². The van der Waals surface area contributed by atoms with E-state index in [1.165, 1.54) is 0 Å². The van der Waals surface area contributed by atoms with Crippen molar-refractivity contribution in [1.82, 2.24) is 5.32 Å². The topological polar surface area (TPSA) is 29.1 Å². The summed E-state index contributed by atoms with van der Waals surface area (Å²) in [6.07, 6.45) is 0. The van der Waals surface area contributed by atoms with E-state index in [1.807, 2.05) is 44.2 Å². The highest BCUT2D eigenvalue weighted by atomic mass is 79.9. The van der Waals surface area contributed by atoms with E-state index in [0.29, 0.717) is 0 Å². The highest BCUT2D eigenvalue weighted by molar-refractivity contribution is 9.10. The van der Waals surface area contributed by atoms with Crippen molar-refractivity contribution in [3.8, 4) is 0 Å². The minimum atomic E-state index is -0.145. The van der Waals surface area contributed by atoms with E-state index in [-0.39, 0.29) is 16.8 Å². The molecule has 3 heteroatoms. The number of halogens is 1. The van der Waals surface area contributed by atoms with Crippen LogP contribution in [-0.2, 0) is 4.79 Å². The molecule has 14 heavy (non-hydrogen) atoms. The molecule has 2 atom stereocenters. The normalized spacial score (nSPS) is 14.5. The quantitative estimate of drug-likeness (QED) is 0.827. The van der Waals surface area contributed by atoms with Gasteiger partial charge in [-0.05, 0) is 19.4 Å². The average molecular weight is 256 g/mol. The first-order chi connectivity index (χ1) is 6.61. The maximum atomic E-state index is 11.4. The number of carbonyl (C=O) groups excluding carboxylic acids is 1. The van der Waals surface area contributed by atoms with Crippen LogP contribution in [0.15, 0.2) is 30.3 Å². The number of hydrogen-bond acceptors (Lipinski definition) is 1. The van der Waals surface area contributed by atoms with Crippen molar-refractivity contribution in [3.05, 3.63) is 35.9 Å². The van der Waals surface area contributed by atoms with Gasteiger partial charge in [0, 0.05) is 0 Å². The molecule has 1 aromatic rings. The molecular formula is C11H14BrNO. The molecule has 76 valence electrons. The first-order valence-electron chi connectivity index (χ1n) is 4.60. The molecular weight excluding hydrogens is 242 g/mol. The maximum Gasteiger partial charge on any atom is 0.233 e. The van der Waals surface area contributed by atoms with Crippen LogP contribution in [0, 0.1) is 0 Å². The molecule has 0 unspecified atom stereocenters. The molecule has 0 saturated heterocycles. The van der Waals surface area contributed by atoms with Gasteiger partial charge in [-0.2, -0.15) is 0 Å². The highest BCUT2D eigenvalue weighted by Gasteiger charge is 2.12. The molecule has 1 N–H and O–H groups in total. The van der Waals surface area contributed by atoms with Crippen molar-refractivity contribution in [2.45, 2.75) is 24.7 Å². The first-order valence-corrected chi connectivity index (χ1v) is 5.52. The fraction of sp³-hybridized carbons (Fsp3) is 0.364. The minimum Gasteiger partial charge on any atom is -0.349 e. The average Bonchev–Trinajstić information content (AvgIpc) is 2.19. The zero-order valence-electron chi connectivity index (χ0n) is 8.33. The van der Waals surface area contributed by atoms with Crippen molar-refractivity contribution in [3.63, 3.8) is 0 Å². The summed E-state index contributed by atoms with van der Waals surface area (Å²) in [5.74, 6) is 0.0151. The first kappa shape index (κ1) is 11.2. The second-order valence-corrected chi connectivity index (χ2v) is 4.63. The fourth-order valence-corrected chi connectivity index (χ4v) is 1.29. The molecule has 0 aromatic heterocycles. The lowest BCUT2D eigenvalue weighted by Crippen LogP contribution is -2.31. The molecule has 0 spiro atoms. The number of benzene rings is 1. The maximum absolute atomic E-state index is 11.4. The Kier molecular flexibility index (Phi) is 4.14. The standard InChI is InChI=1S/C11H14BrNO/c1-8(12)11(14)13-9(2)10-6-4-3-5-7-10/h3-9H,1-2H3,(H,13,14)/t8-,9-/m1/s1. The molecule has 0 saturated carbocycles. The summed E-state index contributed by atoms with van der Waals surface area (Å²) in [5, 5.41) is 2.91. The molecule has 0 aliphatic rings. The van der Waals surface area contributed by atoms with Crippen LogP contribution in [0.25, 0.3) is 0 Å². The van der Waals surface area contributed by atoms with Gasteiger partial charge in [0.15, 0.2) is 0 Å². The van der Waals surface area contributed by atoms with Crippen molar-refractivity contribution in [2.24, 2.45) is 0 Å². The summed E-state index contributed by atoms with van der Waals surface area (Å²) in [4.78, 5) is 11.2. The number of hydrogen-bond donors (Lipinski definition) is 1. The van der Waals surface area contributed by atoms with Crippen molar-refractivity contribution in [2.75, 3.05) is 0 Å². The van der Waals surface area contributed by atoms with E-state index in [4.69, 9.17) is 0 Å². The predicted octanol–water partition coefficient (Wildman–Crippen LogP) is 2.65. The van der Waals surface area contributed by atoms with Gasteiger partial charge in [0.05, 0.1) is 10.9 Å². The minimum absolute atomic E-state index is 0.0151. The van der Waals surface area contributed by atoms with Crippen molar-refractivity contribution < 1.29 is 4.79 Å². The second-order valence-electron chi connectivity index (χ2n) is 3.26. The SMILES string of the molecule is C[C@@H](Br)C(=O)N[C@H](C)c1ccccc1. The number of rotatable bonds is 3. The third kappa shape index (κ3) is 3.14. The fourth-order valence-electron chi connectivity index (χ4n) is 1.15. The summed E-state index contributed by atoms with van der Waals surface area (Å²) >= 11 is 3.23. The lowest BCUT2D eigenvalue weighted by Gasteiger charge is -2.15. The van der Waals surface area contributed by atoms with Gasteiger partial charge in [-0.3, -0.25) is 4.79 Å². The Balaban J connectivity index is 2.59. The summed E-state index contributed by atoms with van der Waals surface area (Å²) < 4.78 is 0. The molecule has 2 nitrogen and oxygen atoms in total. The highest BCUT2D eigenvalue weighted by Crippen LogP contribution is 2.11. The van der Waals surface area contributed by atoms with E-state index >= 15 is 0 Å². The van der Waals surface area contributed by atoms with Gasteiger partial charge in [-0.25, -0.2) is 0 Å². The number of amides is 1. The van der Waals surface area contributed by atoms with Crippen LogP contribution in [0.4, 0.5) is 0 Å². The zero-order valence-corrected chi connectivity index (χ0v) is 9.91. The van der Waals surface area contributed by atoms with E-state index in [0.717, 1.165) is 5.56 Å². The summed E-state index contributed by atoms with van der Waals surface area (Å²) in [7, 11) is 0. The predicted molar refractivity (Wildman–Crippen MR) is 61.4 cm³/mol. The molecule has 0 heterocycles. The third-order valence-corrected chi connectivity index (χ3v) is 2.44. The number of alkyl halides is 1. The Bertz CT molecular complexity index is 297. The van der Waals surface area contributed by atoms with Gasteiger partial charge >= 0.3 is 0 Å². The van der Waals surface area contributed by atoms with Crippen LogP contribution in [-0.4, -0.2) is 10.7 Å². The Morgan fingerprint density at radius 3 is 2.36 bits per heavy atom. The Morgan fingerprint density at radius 2 is 1.86 bits per heavy atom. The van der Waals surface area contributed by atoms with Crippen molar-refractivity contribution >= 4 is 21.8 Å². The monoisotopic (exact) mass is 255 g/mol.